The average Bonchev–Trinajstić information content (AvgIpc) is 3.39. The second-order valence-electron chi connectivity index (χ2n) is 12.5. The number of aliphatic hydroxyl groups is 1. The second kappa shape index (κ2) is 15.2. The van der Waals surface area contributed by atoms with Gasteiger partial charge in [0, 0.05) is 31.1 Å². The minimum absolute atomic E-state index is 0.144. The zero-order chi connectivity index (χ0) is 35.2. The number of nitrogens with two attached hydrogens (primary N) is 1. The van der Waals surface area contributed by atoms with E-state index in [1.165, 1.54) is 0 Å². The number of benzene rings is 3. The van der Waals surface area contributed by atoms with Gasteiger partial charge in [-0.2, -0.15) is 0 Å². The van der Waals surface area contributed by atoms with Crippen LogP contribution in [0.25, 0.3) is 0 Å². The first-order valence-corrected chi connectivity index (χ1v) is 16.1. The molecule has 0 unspecified atom stereocenters. The number of para-hydroxylation sites is 3. The molecule has 5 rings (SSSR count). The number of aryl methyl sites for hydroxylation is 2. The third-order valence-corrected chi connectivity index (χ3v) is 8.58. The van der Waals surface area contributed by atoms with Crippen LogP contribution in [-0.2, 0) is 6.54 Å². The topological polar surface area (TPSA) is 175 Å². The van der Waals surface area contributed by atoms with Crippen molar-refractivity contribution < 1.29 is 28.8 Å². The predicted octanol–water partition coefficient (Wildman–Crippen LogP) is 5.12. The van der Waals surface area contributed by atoms with Gasteiger partial charge in [-0.1, -0.05) is 42.4 Å². The number of ether oxygens (including phenoxy) is 1. The van der Waals surface area contributed by atoms with Crippen LogP contribution in [0.1, 0.15) is 51.6 Å². The van der Waals surface area contributed by atoms with Crippen LogP contribution < -0.4 is 26.4 Å². The van der Waals surface area contributed by atoms with Crippen LogP contribution in [0, 0.1) is 19.8 Å². The predicted molar refractivity (Wildman–Crippen MR) is 188 cm³/mol. The van der Waals surface area contributed by atoms with Crippen LogP contribution >= 0.6 is 0 Å². The summed E-state index contributed by atoms with van der Waals surface area (Å²) in [6.45, 7) is 8.41. The highest BCUT2D eigenvalue weighted by atomic mass is 16.5. The number of likely N-dealkylation sites (N-methyl/N-ethyl adjacent to an activating group) is 1. The lowest BCUT2D eigenvalue weighted by Crippen LogP contribution is -2.49. The normalized spacial score (nSPS) is 16.6. The molecule has 49 heavy (non-hydrogen) atoms. The molecule has 0 saturated heterocycles. The number of nitrogen functional groups attached to an aromatic ring is 1. The number of amides is 4. The molecule has 258 valence electrons. The quantitative estimate of drug-likeness (QED) is 0.144. The van der Waals surface area contributed by atoms with Crippen molar-refractivity contribution in [2.45, 2.75) is 46.4 Å². The van der Waals surface area contributed by atoms with Gasteiger partial charge in [0.1, 0.15) is 17.5 Å². The Bertz CT molecular complexity index is 1790. The van der Waals surface area contributed by atoms with E-state index in [1.54, 1.807) is 74.2 Å². The molecule has 4 amide bonds. The zero-order valence-electron chi connectivity index (χ0n) is 28.3. The first kappa shape index (κ1) is 34.9. The summed E-state index contributed by atoms with van der Waals surface area (Å²) in [5.41, 5.74) is 10.1. The monoisotopic (exact) mass is 669 g/mol. The van der Waals surface area contributed by atoms with E-state index in [0.29, 0.717) is 59.4 Å². The average molecular weight is 670 g/mol. The summed E-state index contributed by atoms with van der Waals surface area (Å²) in [4.78, 5) is 43.5. The van der Waals surface area contributed by atoms with Crippen LogP contribution in [0.5, 0.6) is 5.75 Å². The fourth-order valence-electron chi connectivity index (χ4n) is 5.74. The lowest BCUT2D eigenvalue weighted by atomic mass is 9.98. The van der Waals surface area contributed by atoms with Crippen molar-refractivity contribution >= 4 is 40.6 Å². The molecule has 0 saturated carbocycles. The van der Waals surface area contributed by atoms with E-state index in [0.717, 1.165) is 5.56 Å². The zero-order valence-corrected chi connectivity index (χ0v) is 28.3. The molecule has 0 spiro atoms. The first-order chi connectivity index (χ1) is 23.4. The SMILES string of the molecule is Cc1noc(C)c1NC(=O)Nc1cccc2c1O[C@H](CN(C)Cc1ccc(C(=O)Nc3ccccc3N)cc1)[C@@H](C)CN([C@H](C)CO)C2=O. The van der Waals surface area contributed by atoms with Gasteiger partial charge in [0.05, 0.1) is 35.3 Å². The number of aliphatic hydroxyl groups excluding tert-OH is 1. The van der Waals surface area contributed by atoms with Gasteiger partial charge in [0.25, 0.3) is 11.8 Å². The molecule has 3 aromatic carbocycles. The molecule has 3 atom stereocenters. The Morgan fingerprint density at radius 2 is 1.76 bits per heavy atom. The molecule has 13 heteroatoms. The molecule has 6 N–H and O–H groups in total. The number of nitrogens with zero attached hydrogens (tertiary/aromatic N) is 3. The highest BCUT2D eigenvalue weighted by Gasteiger charge is 2.34. The molecule has 4 aromatic rings. The molecular formula is C36H43N7O6. The Hall–Kier alpha value is -5.40. The standard InChI is InChI=1S/C36H43N7O6/c1-21-17-43(22(2)20-44)35(46)27-9-8-12-30(39-36(47)40-32-23(3)41-49-24(32)4)33(27)48-31(21)19-42(5)18-25-13-15-26(16-14-25)34(45)38-29-11-7-6-10-28(29)37/h6-16,21-22,31,44H,17-20,37H2,1-5H3,(H,38,45)(H2,39,40,47)/t21-,22+,31+/m0/s1. The van der Waals surface area contributed by atoms with E-state index in [4.69, 9.17) is 15.0 Å². The van der Waals surface area contributed by atoms with E-state index in [2.05, 4.69) is 26.0 Å². The van der Waals surface area contributed by atoms with Crippen LogP contribution in [0.3, 0.4) is 0 Å². The number of aromatic nitrogens is 1. The van der Waals surface area contributed by atoms with Gasteiger partial charge >= 0.3 is 6.03 Å². The van der Waals surface area contributed by atoms with Crippen LogP contribution in [-0.4, -0.2) is 76.8 Å². The summed E-state index contributed by atoms with van der Waals surface area (Å²) >= 11 is 0. The van der Waals surface area contributed by atoms with E-state index in [1.807, 2.05) is 32.2 Å². The number of hydrogen-bond donors (Lipinski definition) is 5. The number of urea groups is 1. The van der Waals surface area contributed by atoms with Gasteiger partial charge in [0.2, 0.25) is 0 Å². The van der Waals surface area contributed by atoms with Gasteiger partial charge in [-0.25, -0.2) is 4.79 Å². The van der Waals surface area contributed by atoms with Crippen molar-refractivity contribution in [2.75, 3.05) is 48.4 Å². The van der Waals surface area contributed by atoms with Crippen molar-refractivity contribution in [3.05, 3.63) is 94.9 Å². The van der Waals surface area contributed by atoms with Gasteiger partial charge in [-0.15, -0.1) is 0 Å². The Balaban J connectivity index is 1.34. The molecule has 0 radical (unpaired) electrons. The lowest BCUT2D eigenvalue weighted by Gasteiger charge is -2.38. The molecule has 0 bridgehead atoms. The van der Waals surface area contributed by atoms with E-state index < -0.39 is 18.2 Å². The summed E-state index contributed by atoms with van der Waals surface area (Å²) in [7, 11) is 1.97. The fourth-order valence-corrected chi connectivity index (χ4v) is 5.74. The summed E-state index contributed by atoms with van der Waals surface area (Å²) in [5.74, 6) is 0.00623. The summed E-state index contributed by atoms with van der Waals surface area (Å²) in [6.07, 6.45) is -0.403. The van der Waals surface area contributed by atoms with Gasteiger partial charge in [-0.3, -0.25) is 14.5 Å². The molecule has 1 aliphatic rings. The molecule has 1 aliphatic heterocycles. The van der Waals surface area contributed by atoms with Crippen molar-refractivity contribution in [2.24, 2.45) is 5.92 Å². The maximum atomic E-state index is 13.8. The molecule has 0 fully saturated rings. The highest BCUT2D eigenvalue weighted by molar-refractivity contribution is 6.06. The van der Waals surface area contributed by atoms with E-state index >= 15 is 0 Å². The van der Waals surface area contributed by atoms with Crippen LogP contribution in [0.2, 0.25) is 0 Å². The van der Waals surface area contributed by atoms with Crippen LogP contribution in [0.4, 0.5) is 27.5 Å². The Kier molecular flexibility index (Phi) is 10.8. The number of fused-ring (bicyclic) bond motifs is 1. The maximum absolute atomic E-state index is 13.8. The largest absolute Gasteiger partial charge is 0.486 e. The van der Waals surface area contributed by atoms with Crippen molar-refractivity contribution in [1.82, 2.24) is 15.0 Å². The third-order valence-electron chi connectivity index (χ3n) is 8.58. The third kappa shape index (κ3) is 8.19. The first-order valence-electron chi connectivity index (χ1n) is 16.1. The van der Waals surface area contributed by atoms with Gasteiger partial charge < -0.3 is 41.0 Å². The summed E-state index contributed by atoms with van der Waals surface area (Å²) < 4.78 is 11.8. The van der Waals surface area contributed by atoms with Crippen molar-refractivity contribution in [1.29, 1.82) is 0 Å². The molecule has 0 aliphatic carbocycles. The van der Waals surface area contributed by atoms with Gasteiger partial charge in [-0.05, 0) is 69.8 Å². The Morgan fingerprint density at radius 1 is 1.04 bits per heavy atom. The molecule has 1 aromatic heterocycles. The van der Waals surface area contributed by atoms with E-state index in [9.17, 15) is 19.5 Å². The highest BCUT2D eigenvalue weighted by Crippen LogP contribution is 2.35. The number of carbonyl (C=O) groups excluding carboxylic acids is 3. The number of rotatable bonds is 10. The minimum Gasteiger partial charge on any atom is -0.486 e. The maximum Gasteiger partial charge on any atom is 0.323 e. The van der Waals surface area contributed by atoms with Crippen LogP contribution in [0.15, 0.2) is 71.3 Å². The van der Waals surface area contributed by atoms with Crippen molar-refractivity contribution in [3.63, 3.8) is 0 Å². The second-order valence-corrected chi connectivity index (χ2v) is 12.5. The Labute approximate surface area is 285 Å². The number of hydrogen-bond acceptors (Lipinski definition) is 9. The fraction of sp³-hybridized carbons (Fsp3) is 0.333. The minimum atomic E-state index is -0.549. The van der Waals surface area contributed by atoms with Gasteiger partial charge in [0.15, 0.2) is 11.5 Å². The lowest BCUT2D eigenvalue weighted by molar-refractivity contribution is 0.0343. The number of carbonyl (C=O) groups is 3. The summed E-state index contributed by atoms with van der Waals surface area (Å²) in [5, 5.41) is 22.3. The van der Waals surface area contributed by atoms with E-state index in [-0.39, 0.29) is 35.7 Å². The number of nitrogens with one attached hydrogen (secondary N) is 3. The van der Waals surface area contributed by atoms with Crippen molar-refractivity contribution in [3.8, 4) is 5.75 Å². The number of anilines is 4. The smallest absolute Gasteiger partial charge is 0.323 e. The molecule has 13 nitrogen and oxygen atoms in total. The Morgan fingerprint density at radius 3 is 2.43 bits per heavy atom. The summed E-state index contributed by atoms with van der Waals surface area (Å²) in [6, 6.07) is 18.5. The molecular weight excluding hydrogens is 626 g/mol. The molecule has 2 heterocycles.